The van der Waals surface area contributed by atoms with E-state index in [-0.39, 0.29) is 6.04 Å². The highest BCUT2D eigenvalue weighted by molar-refractivity contribution is 7.89. The summed E-state index contributed by atoms with van der Waals surface area (Å²) in [4.78, 5) is 2.31. The number of hydrogen-bond acceptors (Lipinski definition) is 4. The topological polar surface area (TPSA) is 58.2 Å². The summed E-state index contributed by atoms with van der Waals surface area (Å²) in [6.45, 7) is 8.70. The highest BCUT2D eigenvalue weighted by Gasteiger charge is 2.24. The zero-order chi connectivity index (χ0) is 15.3. The van der Waals surface area contributed by atoms with Crippen LogP contribution >= 0.6 is 11.3 Å². The molecule has 0 bridgehead atoms. The minimum atomic E-state index is -3.42. The van der Waals surface area contributed by atoms with Gasteiger partial charge in [0.2, 0.25) is 10.0 Å². The predicted molar refractivity (Wildman–Crippen MR) is 85.7 cm³/mol. The quantitative estimate of drug-likeness (QED) is 0.775. The van der Waals surface area contributed by atoms with Gasteiger partial charge in [0.25, 0.3) is 0 Å². The molecule has 0 aliphatic heterocycles. The second-order valence-corrected chi connectivity index (χ2v) is 8.17. The van der Waals surface area contributed by atoms with Crippen LogP contribution in [0.25, 0.3) is 0 Å². The fraction of sp³-hybridized carbons (Fsp3) is 0.714. The van der Waals surface area contributed by atoms with Crippen LogP contribution in [0.3, 0.4) is 0 Å². The molecule has 2 N–H and O–H groups in total. The Morgan fingerprint density at radius 3 is 2.40 bits per heavy atom. The SMILES string of the molecule is CCC(CC)C(C)NS(=O)(=O)c1cc(CNC)sc1C. The first-order chi connectivity index (χ1) is 9.35. The molecule has 20 heavy (non-hydrogen) atoms. The van der Waals surface area contributed by atoms with E-state index >= 15 is 0 Å². The Labute approximate surface area is 127 Å². The standard InChI is InChI=1S/C14H26N2O2S2/c1-6-12(7-2)10(3)16-20(17,18)14-8-13(9-15-5)19-11(14)4/h8,10,12,15-16H,6-7,9H2,1-5H3. The van der Waals surface area contributed by atoms with Crippen molar-refractivity contribution >= 4 is 21.4 Å². The van der Waals surface area contributed by atoms with Crippen LogP contribution in [-0.2, 0) is 16.6 Å². The van der Waals surface area contributed by atoms with Crippen molar-refractivity contribution < 1.29 is 8.42 Å². The maximum absolute atomic E-state index is 12.5. The van der Waals surface area contributed by atoms with Crippen molar-refractivity contribution in [2.45, 2.75) is 58.0 Å². The molecule has 116 valence electrons. The summed E-state index contributed by atoms with van der Waals surface area (Å²) in [5.74, 6) is 0.375. The molecule has 0 aliphatic rings. The summed E-state index contributed by atoms with van der Waals surface area (Å²) in [5, 5.41) is 3.05. The first-order valence-electron chi connectivity index (χ1n) is 7.11. The minimum Gasteiger partial charge on any atom is -0.315 e. The molecule has 1 heterocycles. The Balaban J connectivity index is 2.93. The summed E-state index contributed by atoms with van der Waals surface area (Å²) in [6.07, 6.45) is 1.96. The van der Waals surface area contributed by atoms with Crippen LogP contribution in [0.15, 0.2) is 11.0 Å². The van der Waals surface area contributed by atoms with Crippen LogP contribution in [0.2, 0.25) is 0 Å². The van der Waals surface area contributed by atoms with E-state index in [9.17, 15) is 8.42 Å². The molecule has 1 aromatic heterocycles. The Morgan fingerprint density at radius 2 is 1.90 bits per heavy atom. The first kappa shape index (κ1) is 17.6. The smallest absolute Gasteiger partial charge is 0.241 e. The van der Waals surface area contributed by atoms with Gasteiger partial charge in [-0.15, -0.1) is 11.3 Å². The lowest BCUT2D eigenvalue weighted by Crippen LogP contribution is -2.37. The minimum absolute atomic E-state index is 0.0398. The predicted octanol–water partition coefficient (Wildman–Crippen LogP) is 2.88. The van der Waals surface area contributed by atoms with Gasteiger partial charge in [0.15, 0.2) is 0 Å². The van der Waals surface area contributed by atoms with E-state index in [1.807, 2.05) is 20.9 Å². The Hall–Kier alpha value is -0.430. The van der Waals surface area contributed by atoms with E-state index in [4.69, 9.17) is 0 Å². The lowest BCUT2D eigenvalue weighted by atomic mass is 9.96. The molecule has 6 heteroatoms. The average Bonchev–Trinajstić information content (AvgIpc) is 2.72. The van der Waals surface area contributed by atoms with E-state index in [2.05, 4.69) is 23.9 Å². The molecule has 0 saturated carbocycles. The fourth-order valence-corrected chi connectivity index (χ4v) is 5.41. The molecule has 1 atom stereocenters. The zero-order valence-electron chi connectivity index (χ0n) is 13.0. The second-order valence-electron chi connectivity index (χ2n) is 5.15. The third kappa shape index (κ3) is 4.28. The maximum atomic E-state index is 12.5. The lowest BCUT2D eigenvalue weighted by Gasteiger charge is -2.22. The van der Waals surface area contributed by atoms with Gasteiger partial charge < -0.3 is 5.32 Å². The summed E-state index contributed by atoms with van der Waals surface area (Å²) in [5.41, 5.74) is 0. The fourth-order valence-electron chi connectivity index (χ4n) is 2.45. The van der Waals surface area contributed by atoms with Crippen LogP contribution in [0.4, 0.5) is 0 Å². The molecule has 0 amide bonds. The van der Waals surface area contributed by atoms with Crippen molar-refractivity contribution in [1.29, 1.82) is 0 Å². The normalized spacial score (nSPS) is 13.9. The number of nitrogens with one attached hydrogen (secondary N) is 2. The van der Waals surface area contributed by atoms with Crippen LogP contribution in [-0.4, -0.2) is 21.5 Å². The van der Waals surface area contributed by atoms with Crippen molar-refractivity contribution in [1.82, 2.24) is 10.0 Å². The van der Waals surface area contributed by atoms with Crippen LogP contribution in [0.1, 0.15) is 43.4 Å². The van der Waals surface area contributed by atoms with Crippen molar-refractivity contribution in [3.8, 4) is 0 Å². The Morgan fingerprint density at radius 1 is 1.30 bits per heavy atom. The molecule has 0 fully saturated rings. The van der Waals surface area contributed by atoms with Gasteiger partial charge in [-0.2, -0.15) is 0 Å². The van der Waals surface area contributed by atoms with Crippen molar-refractivity contribution in [2.75, 3.05) is 7.05 Å². The second kappa shape index (κ2) is 7.54. The molecule has 0 aliphatic carbocycles. The number of sulfonamides is 1. The number of rotatable bonds is 8. The van der Waals surface area contributed by atoms with E-state index < -0.39 is 10.0 Å². The van der Waals surface area contributed by atoms with E-state index in [1.54, 1.807) is 6.07 Å². The summed E-state index contributed by atoms with van der Waals surface area (Å²) in [7, 11) is -1.56. The monoisotopic (exact) mass is 318 g/mol. The van der Waals surface area contributed by atoms with Gasteiger partial charge in [0.05, 0.1) is 4.90 Å². The van der Waals surface area contributed by atoms with Crippen molar-refractivity contribution in [2.24, 2.45) is 5.92 Å². The highest BCUT2D eigenvalue weighted by Crippen LogP contribution is 2.26. The van der Waals surface area contributed by atoms with Gasteiger partial charge >= 0.3 is 0 Å². The van der Waals surface area contributed by atoms with E-state index in [1.165, 1.54) is 11.3 Å². The van der Waals surface area contributed by atoms with Gasteiger partial charge in [-0.3, -0.25) is 0 Å². The summed E-state index contributed by atoms with van der Waals surface area (Å²) in [6, 6.07) is 1.74. The van der Waals surface area contributed by atoms with E-state index in [0.29, 0.717) is 17.4 Å². The van der Waals surface area contributed by atoms with Crippen LogP contribution in [0.5, 0.6) is 0 Å². The Bertz CT molecular complexity index is 519. The molecular formula is C14H26N2O2S2. The number of hydrogen-bond donors (Lipinski definition) is 2. The summed E-state index contributed by atoms with van der Waals surface area (Å²) >= 11 is 1.53. The molecule has 1 aromatic rings. The highest BCUT2D eigenvalue weighted by atomic mass is 32.2. The molecule has 0 spiro atoms. The molecule has 0 aromatic carbocycles. The van der Waals surface area contributed by atoms with Gasteiger partial charge in [-0.1, -0.05) is 26.7 Å². The van der Waals surface area contributed by atoms with E-state index in [0.717, 1.165) is 22.6 Å². The molecule has 1 rings (SSSR count). The van der Waals surface area contributed by atoms with Crippen LogP contribution in [0, 0.1) is 12.8 Å². The zero-order valence-corrected chi connectivity index (χ0v) is 14.6. The third-order valence-electron chi connectivity index (χ3n) is 3.66. The van der Waals surface area contributed by atoms with Crippen LogP contribution < -0.4 is 10.0 Å². The molecule has 1 unspecified atom stereocenters. The molecule has 0 saturated heterocycles. The third-order valence-corrected chi connectivity index (χ3v) is 6.53. The van der Waals surface area contributed by atoms with Gasteiger partial charge in [-0.25, -0.2) is 13.1 Å². The molecule has 0 radical (unpaired) electrons. The summed E-state index contributed by atoms with van der Waals surface area (Å²) < 4.78 is 27.8. The lowest BCUT2D eigenvalue weighted by molar-refractivity contribution is 0.390. The van der Waals surface area contributed by atoms with Gasteiger partial charge in [-0.05, 0) is 32.9 Å². The molecule has 4 nitrogen and oxygen atoms in total. The molecular weight excluding hydrogens is 292 g/mol. The first-order valence-corrected chi connectivity index (χ1v) is 9.41. The number of aryl methyl sites for hydroxylation is 1. The van der Waals surface area contributed by atoms with Crippen molar-refractivity contribution in [3.05, 3.63) is 15.8 Å². The largest absolute Gasteiger partial charge is 0.315 e. The number of thiophene rings is 1. The average molecular weight is 319 g/mol. The maximum Gasteiger partial charge on any atom is 0.241 e. The van der Waals surface area contributed by atoms with Crippen molar-refractivity contribution in [3.63, 3.8) is 0 Å². The Kier molecular flexibility index (Phi) is 6.64. The van der Waals surface area contributed by atoms with Gasteiger partial charge in [0, 0.05) is 22.3 Å². The van der Waals surface area contributed by atoms with Gasteiger partial charge in [0.1, 0.15) is 0 Å².